The fourth-order valence-corrected chi connectivity index (χ4v) is 11.6. The zero-order chi connectivity index (χ0) is 32.5. The van der Waals surface area contributed by atoms with E-state index in [9.17, 15) is 0 Å². The first kappa shape index (κ1) is 29.8. The average molecular weight is 620 g/mol. The molecule has 4 saturated carbocycles. The first-order chi connectivity index (χ1) is 22.4. The summed E-state index contributed by atoms with van der Waals surface area (Å²) in [5.74, 6) is 3.50. The monoisotopic (exact) mass is 619 g/mol. The van der Waals surface area contributed by atoms with Crippen LogP contribution in [0.1, 0.15) is 121 Å². The van der Waals surface area contributed by atoms with E-state index in [-0.39, 0.29) is 21.7 Å². The summed E-state index contributed by atoms with van der Waals surface area (Å²) in [5.41, 5.74) is 15.1. The second-order valence-corrected chi connectivity index (χ2v) is 18.6. The molecular formula is C46H53N. The Labute approximate surface area is 283 Å². The quantitative estimate of drug-likeness (QED) is 0.220. The van der Waals surface area contributed by atoms with Gasteiger partial charge in [-0.25, -0.2) is 0 Å². The molecule has 0 radical (unpaired) electrons. The van der Waals surface area contributed by atoms with Gasteiger partial charge >= 0.3 is 0 Å². The van der Waals surface area contributed by atoms with Crippen LogP contribution in [-0.4, -0.2) is 0 Å². The van der Waals surface area contributed by atoms with Crippen molar-refractivity contribution in [1.29, 1.82) is 0 Å². The van der Waals surface area contributed by atoms with Crippen molar-refractivity contribution in [3.63, 3.8) is 0 Å². The minimum atomic E-state index is 0.120. The molecule has 4 aromatic rings. The van der Waals surface area contributed by atoms with Crippen LogP contribution in [0.15, 0.2) is 84.9 Å². The molecule has 4 aromatic carbocycles. The molecular weight excluding hydrogens is 567 g/mol. The molecule has 4 fully saturated rings. The molecule has 0 amide bonds. The summed E-state index contributed by atoms with van der Waals surface area (Å²) in [6, 6.07) is 34.0. The van der Waals surface area contributed by atoms with E-state index in [2.05, 4.69) is 138 Å². The Morgan fingerprint density at radius 2 is 1.06 bits per heavy atom. The van der Waals surface area contributed by atoms with Gasteiger partial charge in [-0.2, -0.15) is 0 Å². The third kappa shape index (κ3) is 4.27. The van der Waals surface area contributed by atoms with Gasteiger partial charge in [0.05, 0.1) is 0 Å². The van der Waals surface area contributed by atoms with Gasteiger partial charge in [0.15, 0.2) is 0 Å². The van der Waals surface area contributed by atoms with Crippen LogP contribution >= 0.6 is 0 Å². The summed E-state index contributed by atoms with van der Waals surface area (Å²) in [5, 5.41) is 0. The number of benzene rings is 4. The molecule has 0 unspecified atom stereocenters. The van der Waals surface area contributed by atoms with Crippen molar-refractivity contribution >= 4 is 17.1 Å². The fourth-order valence-electron chi connectivity index (χ4n) is 11.6. The fraction of sp³-hybridized carbons (Fsp3) is 0.478. The topological polar surface area (TPSA) is 3.24 Å². The Morgan fingerprint density at radius 3 is 1.70 bits per heavy atom. The molecule has 0 saturated heterocycles. The second kappa shape index (κ2) is 9.87. The second-order valence-electron chi connectivity index (χ2n) is 18.6. The van der Waals surface area contributed by atoms with Gasteiger partial charge < -0.3 is 4.90 Å². The zero-order valence-electron chi connectivity index (χ0n) is 29.8. The van der Waals surface area contributed by atoms with Gasteiger partial charge in [-0.15, -0.1) is 0 Å². The van der Waals surface area contributed by atoms with Crippen LogP contribution in [0.5, 0.6) is 0 Å². The van der Waals surface area contributed by atoms with E-state index in [0.29, 0.717) is 0 Å². The van der Waals surface area contributed by atoms with E-state index >= 15 is 0 Å². The zero-order valence-corrected chi connectivity index (χ0v) is 29.8. The van der Waals surface area contributed by atoms with E-state index in [1.165, 1.54) is 89.8 Å². The molecule has 0 aliphatic heterocycles. The van der Waals surface area contributed by atoms with Gasteiger partial charge in [-0.3, -0.25) is 0 Å². The van der Waals surface area contributed by atoms with Crippen LogP contribution in [0.25, 0.3) is 11.1 Å². The SMILES string of the molecule is CC(C)(C)c1ccc(N(c2ccc3c(c2)-c2ccccc2C32C3CC4CC(C3)CC2C4)c2ccc3c(c2)C(C)(C)CCC3(C)C)cc1. The van der Waals surface area contributed by atoms with Crippen molar-refractivity contribution in [3.8, 4) is 11.1 Å². The third-order valence-electron chi connectivity index (χ3n) is 13.9. The number of hydrogen-bond acceptors (Lipinski definition) is 1. The molecule has 0 N–H and O–H groups in total. The highest BCUT2D eigenvalue weighted by Crippen LogP contribution is 2.69. The molecule has 1 heteroatoms. The smallest absolute Gasteiger partial charge is 0.0468 e. The number of rotatable bonds is 3. The lowest BCUT2D eigenvalue weighted by Gasteiger charge is -2.61. The molecule has 47 heavy (non-hydrogen) atoms. The van der Waals surface area contributed by atoms with Crippen molar-refractivity contribution in [3.05, 3.63) is 113 Å². The minimum absolute atomic E-state index is 0.120. The van der Waals surface area contributed by atoms with Gasteiger partial charge in [0.25, 0.3) is 0 Å². The maximum Gasteiger partial charge on any atom is 0.0468 e. The molecule has 6 aliphatic carbocycles. The van der Waals surface area contributed by atoms with Crippen molar-refractivity contribution in [1.82, 2.24) is 0 Å². The predicted octanol–water partition coefficient (Wildman–Crippen LogP) is 12.5. The van der Waals surface area contributed by atoms with Crippen molar-refractivity contribution in [2.75, 3.05) is 4.90 Å². The molecule has 1 nitrogen and oxygen atoms in total. The molecule has 6 aliphatic rings. The van der Waals surface area contributed by atoms with Crippen LogP contribution in [0, 0.1) is 23.7 Å². The van der Waals surface area contributed by atoms with Crippen LogP contribution in [0.4, 0.5) is 17.1 Å². The Balaban J connectivity index is 1.23. The van der Waals surface area contributed by atoms with E-state index in [4.69, 9.17) is 0 Å². The summed E-state index contributed by atoms with van der Waals surface area (Å²) in [7, 11) is 0. The van der Waals surface area contributed by atoms with Crippen molar-refractivity contribution in [2.45, 2.75) is 115 Å². The van der Waals surface area contributed by atoms with Crippen molar-refractivity contribution < 1.29 is 0 Å². The molecule has 4 bridgehead atoms. The summed E-state index contributed by atoms with van der Waals surface area (Å²) in [4.78, 5) is 2.55. The normalized spacial score (nSPS) is 29.0. The van der Waals surface area contributed by atoms with Gasteiger partial charge in [-0.1, -0.05) is 97.0 Å². The Kier molecular flexibility index (Phi) is 6.26. The predicted molar refractivity (Wildman–Crippen MR) is 198 cm³/mol. The van der Waals surface area contributed by atoms with Gasteiger partial charge in [0.1, 0.15) is 0 Å². The summed E-state index contributed by atoms with van der Waals surface area (Å²) in [6.45, 7) is 16.7. The highest BCUT2D eigenvalue weighted by Gasteiger charge is 2.61. The Morgan fingerprint density at radius 1 is 0.532 bits per heavy atom. The number of fused-ring (bicyclic) bond motifs is 4. The summed E-state index contributed by atoms with van der Waals surface area (Å²) in [6.07, 6.45) is 9.66. The van der Waals surface area contributed by atoms with Gasteiger partial charge in [-0.05, 0) is 160 Å². The highest BCUT2D eigenvalue weighted by atomic mass is 15.1. The van der Waals surface area contributed by atoms with Gasteiger partial charge in [0, 0.05) is 22.5 Å². The maximum atomic E-state index is 2.58. The molecule has 10 rings (SSSR count). The maximum absolute atomic E-state index is 2.58. The average Bonchev–Trinajstić information content (AvgIpc) is 3.32. The van der Waals surface area contributed by atoms with Crippen LogP contribution in [0.3, 0.4) is 0 Å². The highest BCUT2D eigenvalue weighted by molar-refractivity contribution is 5.87. The number of anilines is 3. The first-order valence-electron chi connectivity index (χ1n) is 18.7. The van der Waals surface area contributed by atoms with Crippen LogP contribution in [0.2, 0.25) is 0 Å². The lowest BCUT2D eigenvalue weighted by molar-refractivity contribution is -0.0399. The molecule has 0 atom stereocenters. The minimum Gasteiger partial charge on any atom is -0.310 e. The molecule has 0 aromatic heterocycles. The van der Waals surface area contributed by atoms with E-state index in [0.717, 1.165) is 23.7 Å². The van der Waals surface area contributed by atoms with E-state index < -0.39 is 0 Å². The lowest BCUT2D eigenvalue weighted by atomic mass is 9.43. The number of nitrogens with zero attached hydrogens (tertiary/aromatic N) is 1. The van der Waals surface area contributed by atoms with Crippen molar-refractivity contribution in [2.24, 2.45) is 23.7 Å². The third-order valence-corrected chi connectivity index (χ3v) is 13.9. The van der Waals surface area contributed by atoms with E-state index in [1.807, 2.05) is 0 Å². The Hall–Kier alpha value is -3.32. The van der Waals surface area contributed by atoms with E-state index in [1.54, 1.807) is 11.1 Å². The Bertz CT molecular complexity index is 1850. The molecule has 0 heterocycles. The van der Waals surface area contributed by atoms with Crippen LogP contribution in [-0.2, 0) is 21.7 Å². The summed E-state index contributed by atoms with van der Waals surface area (Å²) < 4.78 is 0. The van der Waals surface area contributed by atoms with Crippen LogP contribution < -0.4 is 4.90 Å². The standard InChI is InChI=1S/C46H53N/c1-43(2,3)31-12-14-34(15-13-31)47(36-17-19-41-42(28-36)45(6,7)21-20-44(41,4)5)35-16-18-40-38(27-35)37-10-8-9-11-39(37)46(40)32-23-29-22-30(25-32)26-33(46)24-29/h8-19,27-30,32-33H,20-26H2,1-7H3. The number of hydrogen-bond donors (Lipinski definition) is 0. The largest absolute Gasteiger partial charge is 0.310 e. The lowest BCUT2D eigenvalue weighted by Crippen LogP contribution is -2.55. The molecule has 242 valence electrons. The summed E-state index contributed by atoms with van der Waals surface area (Å²) >= 11 is 0. The first-order valence-corrected chi connectivity index (χ1v) is 18.7. The molecule has 1 spiro atoms. The van der Waals surface area contributed by atoms with Gasteiger partial charge in [0.2, 0.25) is 0 Å².